The summed E-state index contributed by atoms with van der Waals surface area (Å²) < 4.78 is 51.7. The molecule has 16 fully saturated rings. The summed E-state index contributed by atoms with van der Waals surface area (Å²) in [7, 11) is 0. The Balaban J connectivity index is 0.000000134. The molecule has 0 aromatic carbocycles. The van der Waals surface area contributed by atoms with E-state index in [1.165, 1.54) is 27.2 Å². The third kappa shape index (κ3) is 15.4. The maximum absolute atomic E-state index is 11.9. The molecule has 16 rings (SSSR count). The molecular formula is C66H86O23. The molecule has 0 aromatic heterocycles. The van der Waals surface area contributed by atoms with E-state index in [9.17, 15) is 63.3 Å². The highest BCUT2D eigenvalue weighted by Gasteiger charge is 2.66. The van der Waals surface area contributed by atoms with Crippen molar-refractivity contribution in [1.82, 2.24) is 0 Å². The standard InChI is InChI=1S/C16H20O6.C14H16O6.C14H20O4.C14H20O3.C8H10O4/c1-8(2)15(18)20-7-13(17)22-14-10-3-9-4-11(6-10)16(19)21-12(14)5-9;1-6(2)13(16)18-5-10(15)19-11-7-3-8-9(4-7)14(17)20-12(8)11;1-9(2)11(15)18-14-5-10-3-12(16,7-14)6-13(17,4-10)8-14;1-9(2)12(15)17-14-6-10-3-11(7-14)5-13(16,4-10)8-14;1-5(2)7(9)12-6-3-4-11-8(6)10/h9-12,14H,1,3-7H2,2H3;7-9,11-12H,1,3-5H2,2H3;10,16-17H,1,3-8H2,2H3;10-11,16H,1,3-8H2,2H3;6H,1,3-4H2,2H3. The van der Waals surface area contributed by atoms with Gasteiger partial charge >= 0.3 is 59.7 Å². The molecule has 23 nitrogen and oxygen atoms in total. The monoisotopic (exact) mass is 1250 g/mol. The molecule has 4 aliphatic heterocycles. The molecule has 0 radical (unpaired) electrons. The van der Waals surface area contributed by atoms with Crippen molar-refractivity contribution in [3.05, 3.63) is 60.8 Å². The number of hydrogen-bond donors (Lipinski definition) is 3. The normalized spacial score (nSPS) is 38.9. The van der Waals surface area contributed by atoms with E-state index in [0.717, 1.165) is 83.5 Å². The zero-order valence-corrected chi connectivity index (χ0v) is 51.7. The van der Waals surface area contributed by atoms with Crippen LogP contribution in [-0.2, 0) is 95.3 Å². The van der Waals surface area contributed by atoms with Gasteiger partial charge in [-0.15, -0.1) is 0 Å². The van der Waals surface area contributed by atoms with Crippen molar-refractivity contribution < 1.29 is 111 Å². The van der Waals surface area contributed by atoms with Crippen molar-refractivity contribution in [2.75, 3.05) is 19.8 Å². The predicted molar refractivity (Wildman–Crippen MR) is 308 cm³/mol. The summed E-state index contributed by atoms with van der Waals surface area (Å²) in [6.07, 6.45) is 12.2. The van der Waals surface area contributed by atoms with Gasteiger partial charge in [0.25, 0.3) is 0 Å². The van der Waals surface area contributed by atoms with Crippen molar-refractivity contribution in [1.29, 1.82) is 0 Å². The van der Waals surface area contributed by atoms with Crippen LogP contribution in [0.5, 0.6) is 0 Å². The van der Waals surface area contributed by atoms with E-state index in [2.05, 4.69) is 37.6 Å². The number of cyclic esters (lactones) is 1. The number of carbonyl (C=O) groups is 10. The van der Waals surface area contributed by atoms with Gasteiger partial charge in [-0.25, -0.2) is 38.4 Å². The number of rotatable bonds is 14. The second kappa shape index (κ2) is 25.9. The molecule has 3 N–H and O–H groups in total. The number of fused-ring (bicyclic) bond motifs is 2. The van der Waals surface area contributed by atoms with Gasteiger partial charge in [-0.3, -0.25) is 9.59 Å². The van der Waals surface area contributed by atoms with Crippen LogP contribution in [0.2, 0.25) is 0 Å². The van der Waals surface area contributed by atoms with Crippen LogP contribution >= 0.6 is 0 Å². The highest BCUT2D eigenvalue weighted by Crippen LogP contribution is 2.62. The topological polar surface area (TPSA) is 324 Å². The van der Waals surface area contributed by atoms with E-state index >= 15 is 0 Å². The van der Waals surface area contributed by atoms with Crippen LogP contribution in [0.3, 0.4) is 0 Å². The van der Waals surface area contributed by atoms with Gasteiger partial charge in [-0.1, -0.05) is 32.9 Å². The number of aliphatic hydroxyl groups is 3. The van der Waals surface area contributed by atoms with Crippen LogP contribution in [0.15, 0.2) is 60.8 Å². The fourth-order valence-electron chi connectivity index (χ4n) is 17.4. The molecule has 4 heterocycles. The molecule has 488 valence electrons. The van der Waals surface area contributed by atoms with Crippen molar-refractivity contribution in [2.45, 2.75) is 215 Å². The van der Waals surface area contributed by atoms with Crippen LogP contribution < -0.4 is 0 Å². The first-order valence-electron chi connectivity index (χ1n) is 31.1. The van der Waals surface area contributed by atoms with Gasteiger partial charge in [0.2, 0.25) is 6.10 Å². The summed E-state index contributed by atoms with van der Waals surface area (Å²) in [5.74, 6) is -2.24. The molecule has 16 aliphatic rings. The fraction of sp³-hybridized carbons (Fsp3) is 0.697. The Bertz CT molecular complexity index is 2920. The zero-order valence-electron chi connectivity index (χ0n) is 51.7. The Labute approximate surface area is 517 Å². The van der Waals surface area contributed by atoms with Crippen LogP contribution in [0, 0.1) is 53.3 Å². The average Bonchev–Trinajstić information content (AvgIpc) is 1.63. The average molecular weight is 1250 g/mol. The van der Waals surface area contributed by atoms with Gasteiger partial charge in [0.1, 0.15) is 35.6 Å². The van der Waals surface area contributed by atoms with E-state index in [1.54, 1.807) is 13.8 Å². The van der Waals surface area contributed by atoms with Gasteiger partial charge in [0.05, 0.1) is 35.2 Å². The fourth-order valence-corrected chi connectivity index (χ4v) is 17.4. The van der Waals surface area contributed by atoms with E-state index in [4.69, 9.17) is 42.6 Å². The van der Waals surface area contributed by atoms with Crippen LogP contribution in [0.4, 0.5) is 0 Å². The minimum Gasteiger partial charge on any atom is -0.463 e. The lowest BCUT2D eigenvalue weighted by molar-refractivity contribution is -0.260. The van der Waals surface area contributed by atoms with E-state index in [0.29, 0.717) is 67.6 Å². The van der Waals surface area contributed by atoms with E-state index in [-0.39, 0.29) is 82.3 Å². The largest absolute Gasteiger partial charge is 0.463 e. The highest BCUT2D eigenvalue weighted by atomic mass is 16.6. The Morgan fingerprint density at radius 2 is 0.989 bits per heavy atom. The van der Waals surface area contributed by atoms with E-state index in [1.807, 2.05) is 0 Å². The number of ether oxygens (including phenoxy) is 10. The van der Waals surface area contributed by atoms with Gasteiger partial charge in [0, 0.05) is 77.7 Å². The lowest BCUT2D eigenvalue weighted by Gasteiger charge is -2.62. The lowest BCUT2D eigenvalue weighted by Crippen LogP contribution is -2.66. The number of esters is 10. The summed E-state index contributed by atoms with van der Waals surface area (Å²) in [4.78, 5) is 115. The highest BCUT2D eigenvalue weighted by molar-refractivity contribution is 5.91. The molecule has 4 saturated heterocycles. The molecule has 14 bridgehead atoms. The van der Waals surface area contributed by atoms with Gasteiger partial charge in [-0.05, 0) is 148 Å². The minimum atomic E-state index is -0.858. The first kappa shape index (κ1) is 66.7. The van der Waals surface area contributed by atoms with Crippen molar-refractivity contribution in [3.63, 3.8) is 0 Å². The van der Waals surface area contributed by atoms with Crippen LogP contribution in [0.25, 0.3) is 0 Å². The molecular weight excluding hydrogens is 1160 g/mol. The summed E-state index contributed by atoms with van der Waals surface area (Å²) >= 11 is 0. The SMILES string of the molecule is C=C(C)C(=O)OC12CC3CC(CC(O)(C3)C1)C2.C=C(C)C(=O)OC12CC3CC(O)(CC(O)(C3)C1)C2.C=C(C)C(=O)OC1CCOC1=O.C=C(C)C(=O)OCC(=O)OC1C2CC3C(=O)OC1C3C2.C=C(C)C(=O)OCC(=O)OC1C2CC3CC(C2)C(=O)OC1C3. The van der Waals surface area contributed by atoms with Gasteiger partial charge < -0.3 is 62.7 Å². The van der Waals surface area contributed by atoms with Crippen molar-refractivity contribution in [2.24, 2.45) is 53.3 Å². The van der Waals surface area contributed by atoms with Gasteiger partial charge in [-0.2, -0.15) is 0 Å². The smallest absolute Gasteiger partial charge is 0.347 e. The maximum atomic E-state index is 11.9. The minimum absolute atomic E-state index is 0.0128. The Hall–Kier alpha value is -6.72. The molecule has 23 heteroatoms. The summed E-state index contributed by atoms with van der Waals surface area (Å²) in [6, 6.07) is 0. The molecule has 15 unspecified atom stereocenters. The molecule has 12 aliphatic carbocycles. The predicted octanol–water partition coefficient (Wildman–Crippen LogP) is 5.89. The summed E-state index contributed by atoms with van der Waals surface area (Å²) in [6.45, 7) is 24.8. The lowest BCUT2D eigenvalue weighted by atomic mass is 9.50. The zero-order chi connectivity index (χ0) is 64.9. The molecule has 0 spiro atoms. The Kier molecular flexibility index (Phi) is 19.4. The van der Waals surface area contributed by atoms with Crippen molar-refractivity contribution >= 4 is 59.7 Å². The molecule has 89 heavy (non-hydrogen) atoms. The second-order valence-electron chi connectivity index (χ2n) is 28.2. The van der Waals surface area contributed by atoms with Gasteiger partial charge in [0.15, 0.2) is 13.2 Å². The molecule has 0 aromatic rings. The number of hydrogen-bond acceptors (Lipinski definition) is 23. The van der Waals surface area contributed by atoms with Crippen LogP contribution in [-0.4, -0.2) is 153 Å². The second-order valence-corrected chi connectivity index (χ2v) is 28.2. The summed E-state index contributed by atoms with van der Waals surface area (Å²) in [5, 5.41) is 31.5. The first-order valence-corrected chi connectivity index (χ1v) is 31.1. The number of carbonyl (C=O) groups excluding carboxylic acids is 10. The molecule has 12 saturated carbocycles. The summed E-state index contributed by atoms with van der Waals surface area (Å²) in [5.41, 5.74) is -1.80. The first-order chi connectivity index (χ1) is 41.6. The molecule has 0 amide bonds. The van der Waals surface area contributed by atoms with Crippen molar-refractivity contribution in [3.8, 4) is 0 Å². The maximum Gasteiger partial charge on any atom is 0.347 e. The Morgan fingerprint density at radius 3 is 1.51 bits per heavy atom. The van der Waals surface area contributed by atoms with E-state index < -0.39 is 101 Å². The van der Waals surface area contributed by atoms with Crippen LogP contribution in [0.1, 0.15) is 157 Å². The third-order valence-corrected chi connectivity index (χ3v) is 19.9. The molecule has 15 atom stereocenters. The Morgan fingerprint density at radius 1 is 0.483 bits per heavy atom. The quantitative estimate of drug-likeness (QED) is 0.104. The third-order valence-electron chi connectivity index (χ3n) is 19.9.